The van der Waals surface area contributed by atoms with Crippen LogP contribution in [0.4, 0.5) is 11.5 Å². The highest BCUT2D eigenvalue weighted by Crippen LogP contribution is 2.25. The highest BCUT2D eigenvalue weighted by molar-refractivity contribution is 6.29. The molecule has 0 saturated carbocycles. The topological polar surface area (TPSA) is 86.2 Å². The van der Waals surface area contributed by atoms with Gasteiger partial charge in [-0.05, 0) is 32.9 Å². The van der Waals surface area contributed by atoms with Gasteiger partial charge in [-0.2, -0.15) is 0 Å². The zero-order valence-electron chi connectivity index (χ0n) is 14.0. The van der Waals surface area contributed by atoms with Crippen LogP contribution in [-0.4, -0.2) is 34.9 Å². The zero-order valence-corrected chi connectivity index (χ0v) is 14.7. The van der Waals surface area contributed by atoms with Gasteiger partial charge < -0.3 is 14.8 Å². The van der Waals surface area contributed by atoms with E-state index in [4.69, 9.17) is 21.1 Å². The average molecular weight is 351 g/mol. The van der Waals surface area contributed by atoms with Gasteiger partial charge >= 0.3 is 5.97 Å². The molecule has 0 spiro atoms. The molecule has 2 heterocycles. The summed E-state index contributed by atoms with van der Waals surface area (Å²) in [6.45, 7) is 5.77. The molecule has 24 heavy (non-hydrogen) atoms. The standard InChI is InChI=1S/C16H19ClN4O3/c1-5-24-15(22)14-10(9-12(17)20-21-14)18-13-8-6-7-11(19-13)16(2,3)23-4/h6-9H,5H2,1-4H3,(H,18,19,20). The number of aromatic nitrogens is 3. The molecule has 0 bridgehead atoms. The molecule has 7 nitrogen and oxygen atoms in total. The van der Waals surface area contributed by atoms with Gasteiger partial charge in [0.1, 0.15) is 11.4 Å². The van der Waals surface area contributed by atoms with Crippen molar-refractivity contribution in [2.45, 2.75) is 26.4 Å². The molecule has 0 saturated heterocycles. The summed E-state index contributed by atoms with van der Waals surface area (Å²) < 4.78 is 10.4. The van der Waals surface area contributed by atoms with E-state index in [-0.39, 0.29) is 17.5 Å². The van der Waals surface area contributed by atoms with Crippen molar-refractivity contribution in [2.24, 2.45) is 0 Å². The number of nitrogens with zero attached hydrogens (tertiary/aromatic N) is 3. The van der Waals surface area contributed by atoms with E-state index in [0.29, 0.717) is 11.5 Å². The molecule has 0 atom stereocenters. The summed E-state index contributed by atoms with van der Waals surface area (Å²) in [5.74, 6) is -0.0650. The third kappa shape index (κ3) is 4.18. The number of hydrogen-bond donors (Lipinski definition) is 1. The van der Waals surface area contributed by atoms with E-state index < -0.39 is 11.6 Å². The van der Waals surface area contributed by atoms with Crippen molar-refractivity contribution in [1.82, 2.24) is 15.2 Å². The van der Waals surface area contributed by atoms with Crippen LogP contribution in [0.3, 0.4) is 0 Å². The number of methoxy groups -OCH3 is 1. The monoisotopic (exact) mass is 350 g/mol. The number of halogens is 1. The van der Waals surface area contributed by atoms with E-state index in [9.17, 15) is 4.79 Å². The van der Waals surface area contributed by atoms with Gasteiger partial charge in [-0.1, -0.05) is 17.7 Å². The molecule has 0 unspecified atom stereocenters. The van der Waals surface area contributed by atoms with E-state index >= 15 is 0 Å². The van der Waals surface area contributed by atoms with Gasteiger partial charge in [0.25, 0.3) is 0 Å². The molecule has 0 aromatic carbocycles. The summed E-state index contributed by atoms with van der Waals surface area (Å²) >= 11 is 5.88. The second-order valence-electron chi connectivity index (χ2n) is 5.40. The van der Waals surface area contributed by atoms with Gasteiger partial charge in [-0.3, -0.25) is 0 Å². The molecule has 0 radical (unpaired) electrons. The van der Waals surface area contributed by atoms with Crippen LogP contribution in [0, 0.1) is 0 Å². The Balaban J connectivity index is 2.36. The average Bonchev–Trinajstić information content (AvgIpc) is 2.55. The van der Waals surface area contributed by atoms with Gasteiger partial charge in [0.05, 0.1) is 18.0 Å². The summed E-state index contributed by atoms with van der Waals surface area (Å²) in [7, 11) is 1.62. The van der Waals surface area contributed by atoms with Crippen molar-refractivity contribution in [3.63, 3.8) is 0 Å². The first-order chi connectivity index (χ1) is 11.4. The lowest BCUT2D eigenvalue weighted by atomic mass is 10.0. The number of carbonyl (C=O) groups excluding carboxylic acids is 1. The number of rotatable bonds is 6. The Morgan fingerprint density at radius 1 is 1.33 bits per heavy atom. The molecule has 128 valence electrons. The number of ether oxygens (including phenoxy) is 2. The molecule has 0 aliphatic heterocycles. The quantitative estimate of drug-likeness (QED) is 0.799. The Hall–Kier alpha value is -2.25. The molecule has 2 aromatic heterocycles. The lowest BCUT2D eigenvalue weighted by Gasteiger charge is -2.22. The van der Waals surface area contributed by atoms with Gasteiger partial charge in [0.2, 0.25) is 0 Å². The Morgan fingerprint density at radius 3 is 2.75 bits per heavy atom. The molecule has 0 aliphatic carbocycles. The number of nitrogens with one attached hydrogen (secondary N) is 1. The number of pyridine rings is 1. The lowest BCUT2D eigenvalue weighted by Crippen LogP contribution is -2.21. The summed E-state index contributed by atoms with van der Waals surface area (Å²) in [6.07, 6.45) is 0. The smallest absolute Gasteiger partial charge is 0.361 e. The maximum absolute atomic E-state index is 12.0. The van der Waals surface area contributed by atoms with Crippen molar-refractivity contribution in [2.75, 3.05) is 19.0 Å². The van der Waals surface area contributed by atoms with Crippen LogP contribution in [0.5, 0.6) is 0 Å². The molecule has 1 N–H and O–H groups in total. The third-order valence-corrected chi connectivity index (χ3v) is 3.56. The molecular formula is C16H19ClN4O3. The summed E-state index contributed by atoms with van der Waals surface area (Å²) in [5, 5.41) is 10.7. The van der Waals surface area contributed by atoms with Gasteiger partial charge in [-0.25, -0.2) is 9.78 Å². The van der Waals surface area contributed by atoms with Crippen LogP contribution in [0.2, 0.25) is 5.15 Å². The SMILES string of the molecule is CCOC(=O)c1nnc(Cl)cc1Nc1cccc(C(C)(C)OC)n1. The van der Waals surface area contributed by atoms with Crippen LogP contribution in [0.25, 0.3) is 0 Å². The molecule has 2 aromatic rings. The maximum Gasteiger partial charge on any atom is 0.361 e. The van der Waals surface area contributed by atoms with Crippen LogP contribution < -0.4 is 5.32 Å². The fraction of sp³-hybridized carbons (Fsp3) is 0.375. The minimum Gasteiger partial charge on any atom is -0.461 e. The highest BCUT2D eigenvalue weighted by atomic mass is 35.5. The largest absolute Gasteiger partial charge is 0.461 e. The Bertz CT molecular complexity index is 737. The minimum atomic E-state index is -0.586. The van der Waals surface area contributed by atoms with Gasteiger partial charge in [0, 0.05) is 13.2 Å². The second-order valence-corrected chi connectivity index (χ2v) is 5.78. The van der Waals surface area contributed by atoms with E-state index in [1.165, 1.54) is 6.07 Å². The van der Waals surface area contributed by atoms with Crippen LogP contribution >= 0.6 is 11.6 Å². The van der Waals surface area contributed by atoms with Crippen LogP contribution in [0.1, 0.15) is 37.0 Å². The van der Waals surface area contributed by atoms with Crippen molar-refractivity contribution < 1.29 is 14.3 Å². The van der Waals surface area contributed by atoms with Crippen molar-refractivity contribution in [3.8, 4) is 0 Å². The van der Waals surface area contributed by atoms with Crippen molar-refractivity contribution in [3.05, 3.63) is 40.8 Å². The number of hydrogen-bond acceptors (Lipinski definition) is 7. The first-order valence-corrected chi connectivity index (χ1v) is 7.75. The molecule has 8 heteroatoms. The fourth-order valence-electron chi connectivity index (χ4n) is 1.90. The third-order valence-electron chi connectivity index (χ3n) is 3.37. The van der Waals surface area contributed by atoms with Crippen LogP contribution in [0.15, 0.2) is 24.3 Å². The lowest BCUT2D eigenvalue weighted by molar-refractivity contribution is 0.0156. The molecule has 0 fully saturated rings. The van der Waals surface area contributed by atoms with Crippen LogP contribution in [-0.2, 0) is 15.1 Å². The number of esters is 1. The second kappa shape index (κ2) is 7.55. The highest BCUT2D eigenvalue weighted by Gasteiger charge is 2.22. The summed E-state index contributed by atoms with van der Waals surface area (Å²) in [5.41, 5.74) is 0.601. The fourth-order valence-corrected chi connectivity index (χ4v) is 2.04. The van der Waals surface area contributed by atoms with Crippen molar-refractivity contribution in [1.29, 1.82) is 0 Å². The first-order valence-electron chi connectivity index (χ1n) is 7.37. The predicted molar refractivity (Wildman–Crippen MR) is 90.6 cm³/mol. The number of anilines is 2. The van der Waals surface area contributed by atoms with Gasteiger partial charge in [-0.15, -0.1) is 10.2 Å². The van der Waals surface area contributed by atoms with E-state index in [1.807, 2.05) is 26.0 Å². The molecule has 2 rings (SSSR count). The predicted octanol–water partition coefficient (Wildman–Crippen LogP) is 3.33. The Morgan fingerprint density at radius 2 is 2.08 bits per heavy atom. The zero-order chi connectivity index (χ0) is 17.7. The maximum atomic E-state index is 12.0. The molecule has 0 amide bonds. The number of carbonyl (C=O) groups is 1. The minimum absolute atomic E-state index is 0.0412. The van der Waals surface area contributed by atoms with E-state index in [0.717, 1.165) is 5.69 Å². The molecular weight excluding hydrogens is 332 g/mol. The normalized spacial score (nSPS) is 11.2. The Kier molecular flexibility index (Phi) is 5.69. The molecule has 0 aliphatic rings. The van der Waals surface area contributed by atoms with E-state index in [2.05, 4.69) is 20.5 Å². The summed E-state index contributed by atoms with van der Waals surface area (Å²) in [4.78, 5) is 16.5. The van der Waals surface area contributed by atoms with Crippen molar-refractivity contribution >= 4 is 29.1 Å². The van der Waals surface area contributed by atoms with E-state index in [1.54, 1.807) is 20.1 Å². The van der Waals surface area contributed by atoms with Gasteiger partial charge in [0.15, 0.2) is 10.8 Å². The summed E-state index contributed by atoms with van der Waals surface area (Å²) in [6, 6.07) is 6.96. The first kappa shape index (κ1) is 18.1. The Labute approximate surface area is 145 Å².